The minimum absolute atomic E-state index is 0.0564. The number of hydrogen-bond donors (Lipinski definition) is 0. The molecule has 3 aliphatic rings. The molecule has 4 atom stereocenters. The lowest BCUT2D eigenvalue weighted by Gasteiger charge is -2.38. The zero-order valence-corrected chi connectivity index (χ0v) is 23.2. The van der Waals surface area contributed by atoms with E-state index >= 15 is 0 Å². The number of rotatable bonds is 11. The average Bonchev–Trinajstić information content (AvgIpc) is 3.56. The van der Waals surface area contributed by atoms with Gasteiger partial charge in [0.15, 0.2) is 5.78 Å². The van der Waals surface area contributed by atoms with Crippen molar-refractivity contribution >= 4 is 11.8 Å². The molecule has 3 fully saturated rings. The van der Waals surface area contributed by atoms with Gasteiger partial charge in [0.1, 0.15) is 0 Å². The summed E-state index contributed by atoms with van der Waals surface area (Å²) < 4.78 is 11.2. The van der Waals surface area contributed by atoms with Crippen molar-refractivity contribution in [3.05, 3.63) is 84.5 Å². The first-order chi connectivity index (χ1) is 19.1. The van der Waals surface area contributed by atoms with Crippen LogP contribution in [0.25, 0.3) is 11.1 Å². The number of ketones is 1. The molecule has 0 N–H and O–H groups in total. The molecular formula is C35H42O4. The second-order valence-electron chi connectivity index (χ2n) is 11.6. The fourth-order valence-corrected chi connectivity index (χ4v) is 7.10. The lowest BCUT2D eigenvalue weighted by Crippen LogP contribution is -2.39. The van der Waals surface area contributed by atoms with Crippen LogP contribution in [0.2, 0.25) is 0 Å². The number of ether oxygens (including phenoxy) is 2. The molecule has 0 spiro atoms. The summed E-state index contributed by atoms with van der Waals surface area (Å²) in [6.45, 7) is 0.726. The van der Waals surface area contributed by atoms with E-state index in [0.29, 0.717) is 18.1 Å². The molecule has 4 heteroatoms. The van der Waals surface area contributed by atoms with Gasteiger partial charge in [-0.05, 0) is 67.2 Å². The standard InChI is InChI=1S/C35H42O4/c1-38-34(37)17-11-3-2-10-16-31-30(22-23-32(36)28-14-8-5-9-15-28)33-24-35(31,25-39-33)29-20-18-27(19-21-29)26-12-6-4-7-13-26/h2,4,6-7,10,12-13,18-23,28,30-31,33H,3,5,8-9,11,14-17,24-25H2,1H3/b10-2-,23-22+/t30-,31-,33-,35-/m0/s1. The highest BCUT2D eigenvalue weighted by atomic mass is 16.5. The van der Waals surface area contributed by atoms with Gasteiger partial charge in [-0.25, -0.2) is 0 Å². The number of hydrogen-bond acceptors (Lipinski definition) is 4. The van der Waals surface area contributed by atoms with Crippen molar-refractivity contribution in [2.45, 2.75) is 75.7 Å². The van der Waals surface area contributed by atoms with E-state index in [1.54, 1.807) is 0 Å². The molecule has 0 amide bonds. The molecule has 2 saturated carbocycles. The van der Waals surface area contributed by atoms with E-state index in [9.17, 15) is 9.59 Å². The number of carbonyl (C=O) groups is 2. The summed E-state index contributed by atoms with van der Waals surface area (Å²) in [4.78, 5) is 24.5. The average molecular weight is 527 g/mol. The van der Waals surface area contributed by atoms with Crippen molar-refractivity contribution in [2.24, 2.45) is 17.8 Å². The van der Waals surface area contributed by atoms with Gasteiger partial charge in [-0.15, -0.1) is 0 Å². The first-order valence-corrected chi connectivity index (χ1v) is 14.8. The highest BCUT2D eigenvalue weighted by Crippen LogP contribution is 2.57. The zero-order chi connectivity index (χ0) is 27.1. The number of carbonyl (C=O) groups excluding carboxylic acids is 2. The number of fused-ring (bicyclic) bond motifs is 2. The van der Waals surface area contributed by atoms with Crippen LogP contribution in [-0.4, -0.2) is 31.6 Å². The third kappa shape index (κ3) is 6.27. The quantitative estimate of drug-likeness (QED) is 0.131. The van der Waals surface area contributed by atoms with E-state index < -0.39 is 0 Å². The number of unbranched alkanes of at least 4 members (excludes halogenated alkanes) is 1. The fraction of sp³-hybridized carbons (Fsp3) is 0.486. The van der Waals surface area contributed by atoms with Crippen molar-refractivity contribution in [2.75, 3.05) is 13.7 Å². The van der Waals surface area contributed by atoms with Gasteiger partial charge >= 0.3 is 5.97 Å². The maximum absolute atomic E-state index is 13.0. The Morgan fingerprint density at radius 1 is 0.974 bits per heavy atom. The van der Waals surface area contributed by atoms with Crippen molar-refractivity contribution in [1.29, 1.82) is 0 Å². The maximum atomic E-state index is 13.0. The van der Waals surface area contributed by atoms with Crippen molar-refractivity contribution in [1.82, 2.24) is 0 Å². The Hall–Kier alpha value is -2.98. The molecule has 2 aromatic rings. The fourth-order valence-electron chi connectivity index (χ4n) is 7.10. The van der Waals surface area contributed by atoms with Gasteiger partial charge < -0.3 is 9.47 Å². The molecular weight excluding hydrogens is 484 g/mol. The Morgan fingerprint density at radius 3 is 2.46 bits per heavy atom. The van der Waals surface area contributed by atoms with E-state index in [-0.39, 0.29) is 29.3 Å². The predicted molar refractivity (Wildman–Crippen MR) is 155 cm³/mol. The van der Waals surface area contributed by atoms with Crippen LogP contribution in [-0.2, 0) is 24.5 Å². The Kier molecular flexibility index (Phi) is 9.13. The van der Waals surface area contributed by atoms with Crippen LogP contribution < -0.4 is 0 Å². The maximum Gasteiger partial charge on any atom is 0.305 e. The van der Waals surface area contributed by atoms with Gasteiger partial charge in [0, 0.05) is 23.7 Å². The van der Waals surface area contributed by atoms with Crippen molar-refractivity contribution in [3.8, 4) is 11.1 Å². The molecule has 2 aliphatic carbocycles. The molecule has 39 heavy (non-hydrogen) atoms. The third-order valence-electron chi connectivity index (χ3n) is 9.32. The molecule has 2 aromatic carbocycles. The van der Waals surface area contributed by atoms with Gasteiger partial charge in [0.2, 0.25) is 0 Å². The summed E-state index contributed by atoms with van der Waals surface area (Å²) in [5.74, 6) is 0.934. The second kappa shape index (κ2) is 12.9. The Bertz CT molecular complexity index is 1160. The Balaban J connectivity index is 1.35. The normalized spacial score (nSPS) is 26.9. The van der Waals surface area contributed by atoms with Crippen LogP contribution in [0.4, 0.5) is 0 Å². The van der Waals surface area contributed by atoms with Gasteiger partial charge in [0.05, 0.1) is 19.8 Å². The molecule has 0 unspecified atom stereocenters. The molecule has 5 rings (SSSR count). The summed E-state index contributed by atoms with van der Waals surface area (Å²) in [5, 5.41) is 0. The number of benzene rings is 2. The number of allylic oxidation sites excluding steroid dienone is 3. The molecule has 2 bridgehead atoms. The predicted octanol–water partition coefficient (Wildman–Crippen LogP) is 7.62. The lowest BCUT2D eigenvalue weighted by atomic mass is 9.69. The van der Waals surface area contributed by atoms with Crippen LogP contribution in [0.3, 0.4) is 0 Å². The smallest absolute Gasteiger partial charge is 0.305 e. The molecule has 1 aliphatic heterocycles. The van der Waals surface area contributed by atoms with Gasteiger partial charge in [0.25, 0.3) is 0 Å². The minimum atomic E-state index is -0.153. The van der Waals surface area contributed by atoms with Crippen LogP contribution in [0, 0.1) is 17.8 Å². The van der Waals surface area contributed by atoms with Crippen LogP contribution in [0.15, 0.2) is 78.9 Å². The van der Waals surface area contributed by atoms with E-state index in [2.05, 4.69) is 66.8 Å². The van der Waals surface area contributed by atoms with Crippen LogP contribution >= 0.6 is 0 Å². The van der Waals surface area contributed by atoms with Gasteiger partial charge in [-0.1, -0.05) is 92.1 Å². The van der Waals surface area contributed by atoms with Crippen LogP contribution in [0.5, 0.6) is 0 Å². The molecule has 0 aromatic heterocycles. The van der Waals surface area contributed by atoms with E-state index in [1.165, 1.54) is 43.1 Å². The number of esters is 1. The monoisotopic (exact) mass is 526 g/mol. The van der Waals surface area contributed by atoms with Crippen molar-refractivity contribution in [3.63, 3.8) is 0 Å². The minimum Gasteiger partial charge on any atom is -0.469 e. The van der Waals surface area contributed by atoms with Crippen molar-refractivity contribution < 1.29 is 19.1 Å². The highest BCUT2D eigenvalue weighted by molar-refractivity contribution is 5.91. The summed E-state index contributed by atoms with van der Waals surface area (Å²) >= 11 is 0. The molecule has 0 radical (unpaired) electrons. The van der Waals surface area contributed by atoms with Gasteiger partial charge in [-0.2, -0.15) is 0 Å². The molecule has 206 valence electrons. The summed E-state index contributed by atoms with van der Waals surface area (Å²) in [6, 6.07) is 19.6. The molecule has 1 saturated heterocycles. The van der Waals surface area contributed by atoms with E-state index in [0.717, 1.165) is 45.1 Å². The lowest BCUT2D eigenvalue weighted by molar-refractivity contribution is -0.140. The topological polar surface area (TPSA) is 52.6 Å². The van der Waals surface area contributed by atoms with Gasteiger partial charge in [-0.3, -0.25) is 9.59 Å². The highest BCUT2D eigenvalue weighted by Gasteiger charge is 2.58. The number of methoxy groups -OCH3 is 1. The summed E-state index contributed by atoms with van der Waals surface area (Å²) in [5.41, 5.74) is 3.73. The van der Waals surface area contributed by atoms with Crippen LogP contribution in [0.1, 0.15) is 69.8 Å². The third-order valence-corrected chi connectivity index (χ3v) is 9.32. The first kappa shape index (κ1) is 27.6. The second-order valence-corrected chi connectivity index (χ2v) is 11.6. The zero-order valence-electron chi connectivity index (χ0n) is 23.2. The largest absolute Gasteiger partial charge is 0.469 e. The molecule has 1 heterocycles. The van der Waals surface area contributed by atoms with E-state index in [4.69, 9.17) is 9.47 Å². The SMILES string of the molecule is COC(=O)CCC/C=C\C[C@H]1[C@H](/C=C/C(=O)C2CCCCC2)[C@@H]2C[C@@]1(c1ccc(-c3ccccc3)cc1)CO2. The Labute approximate surface area is 233 Å². The Morgan fingerprint density at radius 2 is 1.72 bits per heavy atom. The summed E-state index contributed by atoms with van der Waals surface area (Å²) in [6.07, 6.45) is 18.4. The molecule has 4 nitrogen and oxygen atoms in total. The summed E-state index contributed by atoms with van der Waals surface area (Å²) in [7, 11) is 1.44. The van der Waals surface area contributed by atoms with E-state index in [1.807, 2.05) is 12.1 Å². The first-order valence-electron chi connectivity index (χ1n) is 14.8.